The summed E-state index contributed by atoms with van der Waals surface area (Å²) < 4.78 is 5.08. The minimum absolute atomic E-state index is 0.238. The van der Waals surface area contributed by atoms with Crippen molar-refractivity contribution in [3.05, 3.63) is 35.9 Å². The molecule has 17 heavy (non-hydrogen) atoms. The van der Waals surface area contributed by atoms with Gasteiger partial charge in [0.1, 0.15) is 6.61 Å². The van der Waals surface area contributed by atoms with Gasteiger partial charge in [-0.15, -0.1) is 0 Å². The van der Waals surface area contributed by atoms with Crippen molar-refractivity contribution in [2.24, 2.45) is 5.73 Å². The van der Waals surface area contributed by atoms with Crippen LogP contribution in [0, 0.1) is 0 Å². The van der Waals surface area contributed by atoms with Gasteiger partial charge in [-0.2, -0.15) is 0 Å². The molecule has 92 valence electrons. The van der Waals surface area contributed by atoms with Crippen LogP contribution in [0.3, 0.4) is 0 Å². The fourth-order valence-corrected chi connectivity index (χ4v) is 1.38. The van der Waals surface area contributed by atoms with Crippen molar-refractivity contribution in [1.82, 2.24) is 0 Å². The van der Waals surface area contributed by atoms with Crippen LogP contribution >= 0.6 is 0 Å². The molecule has 0 saturated heterocycles. The molecule has 0 aliphatic heterocycles. The smallest absolute Gasteiger partial charge is 0.306 e. The van der Waals surface area contributed by atoms with E-state index in [-0.39, 0.29) is 11.9 Å². The van der Waals surface area contributed by atoms with E-state index in [4.69, 9.17) is 10.5 Å². The van der Waals surface area contributed by atoms with Crippen LogP contribution < -0.4 is 5.73 Å². The van der Waals surface area contributed by atoms with Gasteiger partial charge in [0, 0.05) is 12.8 Å². The number of esters is 1. The molecule has 0 aromatic heterocycles. The van der Waals surface area contributed by atoms with Crippen molar-refractivity contribution < 1.29 is 14.3 Å². The summed E-state index contributed by atoms with van der Waals surface area (Å²) in [5.41, 5.74) is 5.96. The van der Waals surface area contributed by atoms with Gasteiger partial charge in [0.15, 0.2) is 0 Å². The average Bonchev–Trinajstić information content (AvgIpc) is 2.33. The maximum atomic E-state index is 11.3. The first-order chi connectivity index (χ1) is 8.18. The van der Waals surface area contributed by atoms with Crippen molar-refractivity contribution in [3.8, 4) is 0 Å². The molecule has 1 amide bonds. The van der Waals surface area contributed by atoms with Crippen LogP contribution in [0.4, 0.5) is 0 Å². The van der Waals surface area contributed by atoms with E-state index < -0.39 is 0 Å². The second-order valence-electron chi connectivity index (χ2n) is 3.82. The number of rotatable bonds is 7. The minimum Gasteiger partial charge on any atom is -0.461 e. The minimum atomic E-state index is -0.331. The van der Waals surface area contributed by atoms with Gasteiger partial charge in [-0.1, -0.05) is 30.3 Å². The van der Waals surface area contributed by atoms with E-state index in [0.29, 0.717) is 32.3 Å². The SMILES string of the molecule is NC(=O)CCCCC(=O)OCc1ccccc1. The van der Waals surface area contributed by atoms with E-state index in [1.54, 1.807) is 0 Å². The third-order valence-corrected chi connectivity index (χ3v) is 2.30. The summed E-state index contributed by atoms with van der Waals surface area (Å²) in [7, 11) is 0. The Morgan fingerprint density at radius 3 is 2.35 bits per heavy atom. The zero-order valence-electron chi connectivity index (χ0n) is 9.72. The lowest BCUT2D eigenvalue weighted by atomic mass is 10.2. The Hall–Kier alpha value is -1.84. The first-order valence-corrected chi connectivity index (χ1v) is 5.66. The summed E-state index contributed by atoms with van der Waals surface area (Å²) in [5.74, 6) is -0.569. The number of unbranched alkanes of at least 4 members (excludes halogenated alkanes) is 1. The lowest BCUT2D eigenvalue weighted by Crippen LogP contribution is -2.10. The predicted molar refractivity (Wildman–Crippen MR) is 63.9 cm³/mol. The maximum absolute atomic E-state index is 11.3. The molecule has 0 bridgehead atoms. The third-order valence-electron chi connectivity index (χ3n) is 2.30. The van der Waals surface area contributed by atoms with E-state index in [9.17, 15) is 9.59 Å². The Morgan fingerprint density at radius 1 is 1.06 bits per heavy atom. The molecular weight excluding hydrogens is 218 g/mol. The van der Waals surface area contributed by atoms with E-state index in [2.05, 4.69) is 0 Å². The summed E-state index contributed by atoms with van der Waals surface area (Å²) in [5, 5.41) is 0. The number of primary amides is 1. The van der Waals surface area contributed by atoms with Gasteiger partial charge < -0.3 is 10.5 Å². The zero-order chi connectivity index (χ0) is 12.5. The second-order valence-corrected chi connectivity index (χ2v) is 3.82. The summed E-state index contributed by atoms with van der Waals surface area (Å²) in [6.45, 7) is 0.301. The Bertz CT molecular complexity index is 362. The van der Waals surface area contributed by atoms with Crippen LogP contribution in [-0.2, 0) is 20.9 Å². The molecule has 0 atom stereocenters. The molecule has 0 saturated carbocycles. The maximum Gasteiger partial charge on any atom is 0.306 e. The van der Waals surface area contributed by atoms with Crippen LogP contribution in [0.15, 0.2) is 30.3 Å². The quantitative estimate of drug-likeness (QED) is 0.578. The average molecular weight is 235 g/mol. The summed E-state index contributed by atoms with van der Waals surface area (Å²) in [4.78, 5) is 21.8. The number of benzene rings is 1. The van der Waals surface area contributed by atoms with Crippen LogP contribution in [0.5, 0.6) is 0 Å². The molecule has 0 heterocycles. The number of hydrogen-bond acceptors (Lipinski definition) is 3. The van der Waals surface area contributed by atoms with Gasteiger partial charge in [0.25, 0.3) is 0 Å². The van der Waals surface area contributed by atoms with Crippen LogP contribution in [0.2, 0.25) is 0 Å². The van der Waals surface area contributed by atoms with Gasteiger partial charge in [-0.3, -0.25) is 9.59 Å². The Balaban J connectivity index is 2.11. The fourth-order valence-electron chi connectivity index (χ4n) is 1.38. The monoisotopic (exact) mass is 235 g/mol. The van der Waals surface area contributed by atoms with Crippen LogP contribution in [0.1, 0.15) is 31.2 Å². The summed E-state index contributed by atoms with van der Waals surface area (Å²) >= 11 is 0. The lowest BCUT2D eigenvalue weighted by molar-refractivity contribution is -0.145. The highest BCUT2D eigenvalue weighted by atomic mass is 16.5. The molecule has 4 heteroatoms. The van der Waals surface area contributed by atoms with Crippen molar-refractivity contribution in [2.45, 2.75) is 32.3 Å². The molecule has 0 spiro atoms. The largest absolute Gasteiger partial charge is 0.461 e. The normalized spacial score (nSPS) is 9.88. The number of carbonyl (C=O) groups excluding carboxylic acids is 2. The Morgan fingerprint density at radius 2 is 1.71 bits per heavy atom. The molecule has 0 aliphatic rings. The van der Waals surface area contributed by atoms with Gasteiger partial charge in [-0.05, 0) is 18.4 Å². The lowest BCUT2D eigenvalue weighted by Gasteiger charge is -2.04. The van der Waals surface area contributed by atoms with Crippen LogP contribution in [-0.4, -0.2) is 11.9 Å². The van der Waals surface area contributed by atoms with Gasteiger partial charge in [0.2, 0.25) is 5.91 Å². The number of carbonyl (C=O) groups is 2. The van der Waals surface area contributed by atoms with Crippen LogP contribution in [0.25, 0.3) is 0 Å². The van der Waals surface area contributed by atoms with E-state index in [0.717, 1.165) is 5.56 Å². The molecule has 1 aromatic rings. The highest BCUT2D eigenvalue weighted by Gasteiger charge is 2.03. The molecule has 0 fully saturated rings. The fraction of sp³-hybridized carbons (Fsp3) is 0.385. The van der Waals surface area contributed by atoms with Crippen molar-refractivity contribution >= 4 is 11.9 Å². The first-order valence-electron chi connectivity index (χ1n) is 5.66. The number of hydrogen-bond donors (Lipinski definition) is 1. The molecule has 1 rings (SSSR count). The third kappa shape index (κ3) is 6.35. The van der Waals surface area contributed by atoms with Gasteiger partial charge in [0.05, 0.1) is 0 Å². The zero-order valence-corrected chi connectivity index (χ0v) is 9.72. The summed E-state index contributed by atoms with van der Waals surface area (Å²) in [6.07, 6.45) is 1.93. The van der Waals surface area contributed by atoms with Gasteiger partial charge >= 0.3 is 5.97 Å². The molecule has 0 aliphatic carbocycles. The first kappa shape index (κ1) is 13.2. The molecular formula is C13H17NO3. The number of nitrogens with two attached hydrogens (primary N) is 1. The van der Waals surface area contributed by atoms with E-state index >= 15 is 0 Å². The Labute approximate surface area is 101 Å². The molecule has 0 unspecified atom stereocenters. The number of amides is 1. The van der Waals surface area contributed by atoms with Gasteiger partial charge in [-0.25, -0.2) is 0 Å². The topological polar surface area (TPSA) is 69.4 Å². The predicted octanol–water partition coefficient (Wildman–Crippen LogP) is 1.78. The second kappa shape index (κ2) is 7.44. The molecule has 1 aromatic carbocycles. The highest BCUT2D eigenvalue weighted by molar-refractivity contribution is 5.73. The van der Waals surface area contributed by atoms with E-state index in [1.165, 1.54) is 0 Å². The highest BCUT2D eigenvalue weighted by Crippen LogP contribution is 2.04. The number of ether oxygens (including phenoxy) is 1. The molecule has 2 N–H and O–H groups in total. The Kier molecular flexibility index (Phi) is 5.79. The van der Waals surface area contributed by atoms with Crippen molar-refractivity contribution in [2.75, 3.05) is 0 Å². The summed E-state index contributed by atoms with van der Waals surface area (Å²) in [6, 6.07) is 9.52. The molecule has 4 nitrogen and oxygen atoms in total. The van der Waals surface area contributed by atoms with E-state index in [1.807, 2.05) is 30.3 Å². The standard InChI is InChI=1S/C13H17NO3/c14-12(15)8-4-5-9-13(16)17-10-11-6-2-1-3-7-11/h1-3,6-7H,4-5,8-10H2,(H2,14,15). The van der Waals surface area contributed by atoms with Crippen molar-refractivity contribution in [1.29, 1.82) is 0 Å². The van der Waals surface area contributed by atoms with Crippen molar-refractivity contribution in [3.63, 3.8) is 0 Å². The molecule has 0 radical (unpaired) electrons.